The molecule has 0 aromatic heterocycles. The molecule has 4 rings (SSSR count). The van der Waals surface area contributed by atoms with E-state index in [1.54, 1.807) is 0 Å². The van der Waals surface area contributed by atoms with Gasteiger partial charge in [0, 0.05) is 5.02 Å². The van der Waals surface area contributed by atoms with Gasteiger partial charge in [-0.1, -0.05) is 42.8 Å². The van der Waals surface area contributed by atoms with Crippen molar-refractivity contribution in [3.05, 3.63) is 58.6 Å². The van der Waals surface area contributed by atoms with Crippen LogP contribution in [0.25, 0.3) is 11.1 Å². The van der Waals surface area contributed by atoms with Gasteiger partial charge in [0.1, 0.15) is 17.6 Å². The number of rotatable bonds is 3. The van der Waals surface area contributed by atoms with Crippen molar-refractivity contribution in [2.75, 3.05) is 0 Å². The van der Waals surface area contributed by atoms with E-state index in [1.807, 2.05) is 56.3 Å². The number of carbonyl (C=O) groups is 2. The van der Waals surface area contributed by atoms with Gasteiger partial charge in [-0.3, -0.25) is 9.59 Å². The highest BCUT2D eigenvalue weighted by molar-refractivity contribution is 6.30. The van der Waals surface area contributed by atoms with Gasteiger partial charge in [0.2, 0.25) is 0 Å². The predicted octanol–water partition coefficient (Wildman–Crippen LogP) is 4.74. The molecule has 0 aliphatic carbocycles. The highest BCUT2D eigenvalue weighted by Gasteiger charge is 2.55. The molecule has 26 heavy (non-hydrogen) atoms. The number of fused-ring (bicyclic) bond motifs is 2. The Morgan fingerprint density at radius 2 is 1.81 bits per heavy atom. The van der Waals surface area contributed by atoms with Gasteiger partial charge in [-0.25, -0.2) is 0 Å². The molecular formula is C22H21ClO3. The highest BCUT2D eigenvalue weighted by atomic mass is 35.5. The molecule has 3 unspecified atom stereocenters. The summed E-state index contributed by atoms with van der Waals surface area (Å²) in [5.41, 5.74) is 3.04. The summed E-state index contributed by atoms with van der Waals surface area (Å²) >= 11 is 5.99. The van der Waals surface area contributed by atoms with Gasteiger partial charge in [0.05, 0.1) is 0 Å². The molecular weight excluding hydrogens is 348 g/mol. The van der Waals surface area contributed by atoms with Crippen LogP contribution in [0.4, 0.5) is 0 Å². The lowest BCUT2D eigenvalue weighted by molar-refractivity contribution is -0.160. The normalized spacial score (nSPS) is 27.8. The molecule has 0 amide bonds. The molecule has 2 aromatic carbocycles. The summed E-state index contributed by atoms with van der Waals surface area (Å²) in [5.74, 6) is -0.907. The largest absolute Gasteiger partial charge is 0.356 e. The van der Waals surface area contributed by atoms with E-state index in [0.717, 1.165) is 28.7 Å². The van der Waals surface area contributed by atoms with E-state index >= 15 is 0 Å². The van der Waals surface area contributed by atoms with E-state index in [1.165, 1.54) is 0 Å². The number of benzene rings is 2. The van der Waals surface area contributed by atoms with Gasteiger partial charge < -0.3 is 4.74 Å². The molecule has 0 radical (unpaired) electrons. The Labute approximate surface area is 158 Å². The third-order valence-corrected chi connectivity index (χ3v) is 5.94. The molecule has 2 bridgehead atoms. The quantitative estimate of drug-likeness (QED) is 0.735. The zero-order valence-corrected chi connectivity index (χ0v) is 15.7. The van der Waals surface area contributed by atoms with E-state index in [9.17, 15) is 9.59 Å². The van der Waals surface area contributed by atoms with Crippen LogP contribution >= 0.6 is 11.6 Å². The minimum absolute atomic E-state index is 0.0899. The van der Waals surface area contributed by atoms with E-state index in [0.29, 0.717) is 17.9 Å². The number of hydrogen-bond acceptors (Lipinski definition) is 3. The van der Waals surface area contributed by atoms with Gasteiger partial charge in [0.25, 0.3) is 0 Å². The number of carbonyl (C=O) groups excluding carboxylic acids is 2. The maximum absolute atomic E-state index is 13.1. The molecule has 2 heterocycles. The van der Waals surface area contributed by atoms with Crippen LogP contribution in [-0.2, 0) is 20.7 Å². The summed E-state index contributed by atoms with van der Waals surface area (Å²) in [6.07, 6.45) is 1.58. The molecule has 3 nitrogen and oxygen atoms in total. The van der Waals surface area contributed by atoms with Gasteiger partial charge in [0.15, 0.2) is 11.6 Å². The third kappa shape index (κ3) is 2.70. The molecule has 2 aliphatic heterocycles. The molecule has 4 heteroatoms. The smallest absolute Gasteiger partial charge is 0.179 e. The Bertz CT molecular complexity index is 887. The summed E-state index contributed by atoms with van der Waals surface area (Å²) in [4.78, 5) is 26.0. The topological polar surface area (TPSA) is 43.4 Å². The number of halogens is 1. The lowest BCUT2D eigenvalue weighted by Crippen LogP contribution is -2.49. The Balaban J connectivity index is 1.82. The third-order valence-electron chi connectivity index (χ3n) is 5.69. The fourth-order valence-corrected chi connectivity index (χ4v) is 4.27. The van der Waals surface area contributed by atoms with Crippen LogP contribution in [0.2, 0.25) is 5.02 Å². The van der Waals surface area contributed by atoms with Gasteiger partial charge in [-0.15, -0.1) is 0 Å². The molecule has 2 aliphatic rings. The Morgan fingerprint density at radius 3 is 2.50 bits per heavy atom. The molecule has 2 fully saturated rings. The van der Waals surface area contributed by atoms with Crippen LogP contribution in [0.3, 0.4) is 0 Å². The van der Waals surface area contributed by atoms with Crippen LogP contribution < -0.4 is 0 Å². The SMILES string of the molecule is CCc1ccc(-c2ccc(Cl)cc2)cc1C1C(=O)C2CCC(C)(O2)C1=O. The Morgan fingerprint density at radius 1 is 1.12 bits per heavy atom. The first-order chi connectivity index (χ1) is 12.4. The van der Waals surface area contributed by atoms with Crippen molar-refractivity contribution in [3.8, 4) is 11.1 Å². The summed E-state index contributed by atoms with van der Waals surface area (Å²) in [6, 6.07) is 13.6. The van der Waals surface area contributed by atoms with Crippen molar-refractivity contribution < 1.29 is 14.3 Å². The average molecular weight is 369 g/mol. The molecule has 2 aromatic rings. The van der Waals surface area contributed by atoms with Gasteiger partial charge >= 0.3 is 0 Å². The van der Waals surface area contributed by atoms with Crippen LogP contribution in [0.5, 0.6) is 0 Å². The number of hydrogen-bond donors (Lipinski definition) is 0. The zero-order valence-electron chi connectivity index (χ0n) is 14.9. The zero-order chi connectivity index (χ0) is 18.5. The number of Topliss-reactive ketones (excluding diaryl/α,β-unsaturated/α-hetero) is 2. The van der Waals surface area contributed by atoms with Crippen molar-refractivity contribution in [3.63, 3.8) is 0 Å². The van der Waals surface area contributed by atoms with Crippen LogP contribution in [0.15, 0.2) is 42.5 Å². The van der Waals surface area contributed by atoms with Crippen LogP contribution in [0.1, 0.15) is 43.7 Å². The minimum atomic E-state index is -0.829. The van der Waals surface area contributed by atoms with Crippen molar-refractivity contribution in [2.24, 2.45) is 0 Å². The second-order valence-electron chi connectivity index (χ2n) is 7.35. The first-order valence-corrected chi connectivity index (χ1v) is 9.45. The maximum atomic E-state index is 13.1. The van der Waals surface area contributed by atoms with E-state index in [2.05, 4.69) is 0 Å². The monoisotopic (exact) mass is 368 g/mol. The van der Waals surface area contributed by atoms with Crippen molar-refractivity contribution >= 4 is 23.2 Å². The van der Waals surface area contributed by atoms with Gasteiger partial charge in [-0.2, -0.15) is 0 Å². The van der Waals surface area contributed by atoms with Crippen molar-refractivity contribution in [1.82, 2.24) is 0 Å². The number of ether oxygens (including phenoxy) is 1. The van der Waals surface area contributed by atoms with Crippen LogP contribution in [0, 0.1) is 0 Å². The lowest BCUT2D eigenvalue weighted by Gasteiger charge is -2.34. The standard InChI is InChI=1S/C22H21ClO3/c1-3-13-4-5-15(14-6-8-16(23)9-7-14)12-17(13)19-20(24)18-10-11-22(2,26-18)21(19)25/h4-9,12,18-19H,3,10-11H2,1-2H3. The Hall–Kier alpha value is -1.97. The molecule has 2 saturated heterocycles. The molecule has 0 N–H and O–H groups in total. The number of aryl methyl sites for hydroxylation is 1. The highest BCUT2D eigenvalue weighted by Crippen LogP contribution is 2.44. The van der Waals surface area contributed by atoms with E-state index < -0.39 is 17.6 Å². The van der Waals surface area contributed by atoms with Crippen LogP contribution in [-0.4, -0.2) is 23.3 Å². The summed E-state index contributed by atoms with van der Waals surface area (Å²) in [7, 11) is 0. The second kappa shape index (κ2) is 6.33. The molecule has 134 valence electrons. The molecule has 3 atom stereocenters. The maximum Gasteiger partial charge on any atom is 0.179 e. The lowest BCUT2D eigenvalue weighted by atomic mass is 9.78. The molecule has 0 spiro atoms. The average Bonchev–Trinajstić information content (AvgIpc) is 3.02. The first-order valence-electron chi connectivity index (χ1n) is 9.07. The summed E-state index contributed by atoms with van der Waals surface area (Å²) in [6.45, 7) is 3.87. The fraction of sp³-hybridized carbons (Fsp3) is 0.364. The molecule has 0 saturated carbocycles. The van der Waals surface area contributed by atoms with E-state index in [-0.39, 0.29) is 11.6 Å². The van der Waals surface area contributed by atoms with E-state index in [4.69, 9.17) is 16.3 Å². The second-order valence-corrected chi connectivity index (χ2v) is 7.79. The Kier molecular flexibility index (Phi) is 4.25. The van der Waals surface area contributed by atoms with Crippen molar-refractivity contribution in [1.29, 1.82) is 0 Å². The number of ketones is 2. The first kappa shape index (κ1) is 17.4. The summed E-state index contributed by atoms with van der Waals surface area (Å²) in [5, 5.41) is 0.679. The summed E-state index contributed by atoms with van der Waals surface area (Å²) < 4.78 is 5.75. The minimum Gasteiger partial charge on any atom is -0.356 e. The predicted molar refractivity (Wildman–Crippen MR) is 102 cm³/mol. The fourth-order valence-electron chi connectivity index (χ4n) is 4.14. The van der Waals surface area contributed by atoms with Gasteiger partial charge in [-0.05, 0) is 66.6 Å². The van der Waals surface area contributed by atoms with Crippen molar-refractivity contribution in [2.45, 2.75) is 50.7 Å².